The fourth-order valence-electron chi connectivity index (χ4n) is 3.05. The molecule has 6 nitrogen and oxygen atoms in total. The van der Waals surface area contributed by atoms with Crippen LogP contribution in [0.1, 0.15) is 28.4 Å². The molecule has 0 spiro atoms. The first-order valence-electron chi connectivity index (χ1n) is 8.42. The zero-order chi connectivity index (χ0) is 20.3. The lowest BCUT2D eigenvalue weighted by Crippen LogP contribution is -2.19. The molecule has 0 radical (unpaired) electrons. The van der Waals surface area contributed by atoms with Crippen LogP contribution < -0.4 is 9.64 Å². The third-order valence-electron chi connectivity index (χ3n) is 4.37. The van der Waals surface area contributed by atoms with E-state index in [1.54, 1.807) is 24.4 Å². The minimum absolute atomic E-state index is 0.220. The highest BCUT2D eigenvalue weighted by Crippen LogP contribution is 2.36. The highest BCUT2D eigenvalue weighted by Gasteiger charge is 2.20. The van der Waals surface area contributed by atoms with E-state index in [4.69, 9.17) is 4.74 Å². The Morgan fingerprint density at radius 1 is 1.14 bits per heavy atom. The van der Waals surface area contributed by atoms with Crippen molar-refractivity contribution in [2.45, 2.75) is 13.3 Å². The van der Waals surface area contributed by atoms with Gasteiger partial charge >= 0.3 is 0 Å². The zero-order valence-electron chi connectivity index (χ0n) is 15.3. The highest BCUT2D eigenvalue weighted by atomic mass is 19.1. The van der Waals surface area contributed by atoms with Crippen molar-refractivity contribution in [3.05, 3.63) is 65.1 Å². The Kier molecular flexibility index (Phi) is 5.44. The maximum Gasteiger partial charge on any atom is 0.220 e. The molecule has 0 aliphatic rings. The number of Topliss-reactive ketones (excluding diaryl/α,β-unsaturated/α-hetero) is 1. The molecular weight excluding hydrogens is 363 g/mol. The number of carbonyl (C=O) groups excluding carboxylic acids is 3. The number of carbonyl (C=O) groups is 3. The molecule has 0 N–H and O–H groups in total. The largest absolute Gasteiger partial charge is 0.494 e. The first-order chi connectivity index (χ1) is 13.5. The summed E-state index contributed by atoms with van der Waals surface area (Å²) in [6, 6.07) is 9.30. The number of nitrogens with zero attached hydrogens (tertiary/aromatic N) is 2. The number of hydrogen-bond donors (Lipinski definition) is 0. The van der Waals surface area contributed by atoms with E-state index in [2.05, 4.69) is 4.98 Å². The van der Waals surface area contributed by atoms with Gasteiger partial charge in [-0.25, -0.2) is 4.39 Å². The molecule has 1 heterocycles. The Bertz CT molecular complexity index is 1060. The highest BCUT2D eigenvalue weighted by molar-refractivity contribution is 6.12. The molecule has 28 heavy (non-hydrogen) atoms. The van der Waals surface area contributed by atoms with Crippen LogP contribution in [0.3, 0.4) is 0 Å². The summed E-state index contributed by atoms with van der Waals surface area (Å²) in [6.07, 6.45) is 2.82. The number of ether oxygens (including phenoxy) is 1. The smallest absolute Gasteiger partial charge is 0.220 e. The zero-order valence-corrected chi connectivity index (χ0v) is 15.3. The van der Waals surface area contributed by atoms with Crippen LogP contribution in [0, 0.1) is 5.82 Å². The van der Waals surface area contributed by atoms with Crippen molar-refractivity contribution in [2.24, 2.45) is 0 Å². The van der Waals surface area contributed by atoms with Crippen LogP contribution in [0.4, 0.5) is 10.1 Å². The number of fused-ring (bicyclic) bond motifs is 1. The van der Waals surface area contributed by atoms with Gasteiger partial charge in [-0.05, 0) is 48.7 Å². The number of benzene rings is 2. The van der Waals surface area contributed by atoms with Gasteiger partial charge in [0.05, 0.1) is 18.4 Å². The quantitative estimate of drug-likeness (QED) is 0.464. The number of rotatable bonds is 7. The molecule has 0 saturated carbocycles. The summed E-state index contributed by atoms with van der Waals surface area (Å²) in [6.45, 7) is 1.36. The van der Waals surface area contributed by atoms with E-state index in [1.165, 1.54) is 32.2 Å². The fourth-order valence-corrected chi connectivity index (χ4v) is 3.05. The molecule has 0 atom stereocenters. The van der Waals surface area contributed by atoms with E-state index in [0.29, 0.717) is 30.1 Å². The molecule has 0 bridgehead atoms. The molecule has 0 aliphatic heterocycles. The molecule has 0 aliphatic carbocycles. The average Bonchev–Trinajstić information content (AvgIpc) is 2.70. The lowest BCUT2D eigenvalue weighted by molar-refractivity contribution is -0.113. The number of imide groups is 1. The van der Waals surface area contributed by atoms with Gasteiger partial charge in [0.25, 0.3) is 0 Å². The van der Waals surface area contributed by atoms with Gasteiger partial charge in [-0.1, -0.05) is 12.1 Å². The van der Waals surface area contributed by atoms with Gasteiger partial charge < -0.3 is 4.74 Å². The van der Waals surface area contributed by atoms with Gasteiger partial charge in [0.1, 0.15) is 11.3 Å². The van der Waals surface area contributed by atoms with Crippen LogP contribution in [0.25, 0.3) is 10.9 Å². The van der Waals surface area contributed by atoms with E-state index >= 15 is 0 Å². The average molecular weight is 380 g/mol. The van der Waals surface area contributed by atoms with Gasteiger partial charge in [-0.2, -0.15) is 0 Å². The second kappa shape index (κ2) is 7.96. The molecule has 3 rings (SSSR count). The minimum atomic E-state index is -0.322. The van der Waals surface area contributed by atoms with Crippen molar-refractivity contribution in [1.82, 2.24) is 4.98 Å². The Labute approximate surface area is 160 Å². The van der Waals surface area contributed by atoms with E-state index in [0.717, 1.165) is 16.0 Å². The Morgan fingerprint density at radius 2 is 1.82 bits per heavy atom. The Morgan fingerprint density at radius 3 is 2.39 bits per heavy atom. The summed E-state index contributed by atoms with van der Waals surface area (Å²) < 4.78 is 18.5. The van der Waals surface area contributed by atoms with Crippen molar-refractivity contribution in [3.63, 3.8) is 0 Å². The number of amides is 2. The van der Waals surface area contributed by atoms with Crippen molar-refractivity contribution >= 4 is 35.2 Å². The molecule has 7 heteroatoms. The summed E-state index contributed by atoms with van der Waals surface area (Å²) in [5.74, 6) is -0.331. The minimum Gasteiger partial charge on any atom is -0.494 e. The molecule has 2 aromatic carbocycles. The van der Waals surface area contributed by atoms with E-state index in [9.17, 15) is 18.8 Å². The van der Waals surface area contributed by atoms with Crippen LogP contribution in [0.2, 0.25) is 0 Å². The van der Waals surface area contributed by atoms with E-state index in [1.807, 2.05) is 0 Å². The summed E-state index contributed by atoms with van der Waals surface area (Å²) in [7, 11) is 1.42. The lowest BCUT2D eigenvalue weighted by Gasteiger charge is -2.17. The molecule has 0 fully saturated rings. The normalized spacial score (nSPS) is 10.5. The van der Waals surface area contributed by atoms with Crippen molar-refractivity contribution in [1.29, 1.82) is 0 Å². The van der Waals surface area contributed by atoms with Crippen LogP contribution in [-0.2, 0) is 16.0 Å². The number of pyridine rings is 1. The summed E-state index contributed by atoms with van der Waals surface area (Å²) >= 11 is 0. The number of halogens is 1. The maximum absolute atomic E-state index is 13.1. The Hall–Kier alpha value is -3.61. The van der Waals surface area contributed by atoms with Crippen LogP contribution in [0.15, 0.2) is 42.6 Å². The predicted octanol–water partition coefficient (Wildman–Crippen LogP) is 3.30. The molecular formula is C21H17FN2O4. The van der Waals surface area contributed by atoms with Crippen LogP contribution >= 0.6 is 0 Å². The van der Waals surface area contributed by atoms with Crippen molar-refractivity contribution < 1.29 is 23.5 Å². The number of anilines is 1. The van der Waals surface area contributed by atoms with Crippen molar-refractivity contribution in [2.75, 3.05) is 12.0 Å². The second-order valence-electron chi connectivity index (χ2n) is 6.19. The molecule has 1 aromatic heterocycles. The molecule has 3 aromatic rings. The Balaban J connectivity index is 2.21. The first-order valence-corrected chi connectivity index (χ1v) is 8.42. The SMILES string of the molecule is COc1c(C(C)=O)cc(N(C=O)C=O)c2cc(Cc3ccc(F)cc3)cnc12. The molecule has 0 unspecified atom stereocenters. The number of hydrogen-bond acceptors (Lipinski definition) is 5. The van der Waals surface area contributed by atoms with Crippen LogP contribution in [-0.4, -0.2) is 30.7 Å². The standard InChI is InChI=1S/C21H17FN2O4/c1-13(27)17-9-19(24(11-25)12-26)18-8-15(10-23-20(18)21(17)28-2)7-14-3-5-16(22)6-4-14/h3-6,8-12H,7H2,1-2H3. The van der Waals surface area contributed by atoms with Crippen molar-refractivity contribution in [3.8, 4) is 5.75 Å². The number of aromatic nitrogens is 1. The fraction of sp³-hybridized carbons (Fsp3) is 0.143. The monoisotopic (exact) mass is 380 g/mol. The molecule has 0 saturated heterocycles. The summed E-state index contributed by atoms with van der Waals surface area (Å²) in [4.78, 5) is 40.0. The number of ketones is 1. The summed E-state index contributed by atoms with van der Waals surface area (Å²) in [5.41, 5.74) is 2.48. The lowest BCUT2D eigenvalue weighted by atomic mass is 10.0. The first kappa shape index (κ1) is 19.2. The number of methoxy groups -OCH3 is 1. The third-order valence-corrected chi connectivity index (χ3v) is 4.37. The van der Waals surface area contributed by atoms with Gasteiger partial charge in [-0.15, -0.1) is 0 Å². The van der Waals surface area contributed by atoms with E-state index in [-0.39, 0.29) is 28.6 Å². The summed E-state index contributed by atoms with van der Waals surface area (Å²) in [5, 5.41) is 0.487. The third kappa shape index (κ3) is 3.59. The second-order valence-corrected chi connectivity index (χ2v) is 6.19. The van der Waals surface area contributed by atoms with Gasteiger partial charge in [0.2, 0.25) is 12.8 Å². The van der Waals surface area contributed by atoms with Gasteiger partial charge in [0.15, 0.2) is 11.5 Å². The van der Waals surface area contributed by atoms with Crippen LogP contribution in [0.5, 0.6) is 5.75 Å². The predicted molar refractivity (Wildman–Crippen MR) is 102 cm³/mol. The van der Waals surface area contributed by atoms with Gasteiger partial charge in [-0.3, -0.25) is 24.3 Å². The molecule has 142 valence electrons. The topological polar surface area (TPSA) is 76.6 Å². The molecule has 2 amide bonds. The van der Waals surface area contributed by atoms with E-state index < -0.39 is 0 Å². The maximum atomic E-state index is 13.1. The van der Waals surface area contributed by atoms with Gasteiger partial charge in [0, 0.05) is 11.6 Å².